The van der Waals surface area contributed by atoms with Crippen LogP contribution in [0.25, 0.3) is 6.08 Å². The van der Waals surface area contributed by atoms with E-state index in [1.165, 1.54) is 17.8 Å². The van der Waals surface area contributed by atoms with Gasteiger partial charge in [0.15, 0.2) is 0 Å². The Morgan fingerprint density at radius 3 is 2.83 bits per heavy atom. The number of nitriles is 1. The fraction of sp³-hybridized carbons (Fsp3) is 0.278. The summed E-state index contributed by atoms with van der Waals surface area (Å²) >= 11 is 1.26. The summed E-state index contributed by atoms with van der Waals surface area (Å²) in [5, 5.41) is 16.7. The maximum absolute atomic E-state index is 12.0. The summed E-state index contributed by atoms with van der Waals surface area (Å²) in [6.45, 7) is 9.06. The molecule has 123 valence electrons. The molecular formula is C18H18N2NbO2S. The molecule has 0 spiro atoms. The monoisotopic (exact) mass is 419 g/mol. The first kappa shape index (κ1) is 22.4. The standard InChI is InChI=1S/C18H18N2O2S.Nb/c1-5-15(20)10-8-13-7-9-14(12-19)16(11-13)23-18(3,4)17(21)22-6-2;/h5,8-9,11,20H,1,6H2,2-4H3;/q-2;+2. The van der Waals surface area contributed by atoms with Gasteiger partial charge in [0.1, 0.15) is 4.75 Å². The molecule has 1 aromatic carbocycles. The third-order valence-electron chi connectivity index (χ3n) is 2.78. The zero-order valence-corrected chi connectivity index (χ0v) is 16.9. The summed E-state index contributed by atoms with van der Waals surface area (Å²) in [6.07, 6.45) is 5.71. The van der Waals surface area contributed by atoms with Gasteiger partial charge in [-0.2, -0.15) is 12.6 Å². The van der Waals surface area contributed by atoms with Gasteiger partial charge in [0.2, 0.25) is 0 Å². The predicted molar refractivity (Wildman–Crippen MR) is 92.2 cm³/mol. The van der Waals surface area contributed by atoms with E-state index < -0.39 is 4.75 Å². The molecule has 0 unspecified atom stereocenters. The molecule has 0 heterocycles. The average Bonchev–Trinajstić information content (AvgIpc) is 2.52. The van der Waals surface area contributed by atoms with Crippen LogP contribution in [0.5, 0.6) is 0 Å². The fourth-order valence-corrected chi connectivity index (χ4v) is 2.67. The van der Waals surface area contributed by atoms with Crippen LogP contribution in [-0.2, 0) is 31.9 Å². The van der Waals surface area contributed by atoms with Crippen LogP contribution in [0.1, 0.15) is 31.9 Å². The molecule has 0 atom stereocenters. The number of nitrogens with zero attached hydrogens (tertiary/aromatic N) is 1. The minimum absolute atomic E-state index is 0. The van der Waals surface area contributed by atoms with E-state index in [2.05, 4.69) is 24.8 Å². The summed E-state index contributed by atoms with van der Waals surface area (Å²) in [4.78, 5) is 12.7. The molecule has 1 radical (unpaired) electrons. The summed E-state index contributed by atoms with van der Waals surface area (Å²) in [7, 11) is 0. The van der Waals surface area contributed by atoms with Crippen molar-refractivity contribution in [2.45, 2.75) is 30.4 Å². The largest absolute Gasteiger partial charge is 2.00 e. The van der Waals surface area contributed by atoms with Crippen LogP contribution in [-0.4, -0.2) is 23.0 Å². The second-order valence-electron chi connectivity index (χ2n) is 5.02. The number of nitrogens with one attached hydrogen (secondary N) is 1. The molecule has 0 saturated heterocycles. The SMILES string of the molecule is C=CC(=N)[C-]=Cc1[c-]cc(C#N)c(SC(C)(C)C(=O)OCC)c1.[Nb+2]. The van der Waals surface area contributed by atoms with Crippen molar-refractivity contribution in [1.82, 2.24) is 0 Å². The molecule has 1 rings (SSSR count). The predicted octanol–water partition coefficient (Wildman–Crippen LogP) is 3.81. The summed E-state index contributed by atoms with van der Waals surface area (Å²) in [5.74, 6) is -0.334. The molecule has 4 nitrogen and oxygen atoms in total. The van der Waals surface area contributed by atoms with Crippen molar-refractivity contribution in [2.24, 2.45) is 0 Å². The van der Waals surface area contributed by atoms with Gasteiger partial charge in [-0.3, -0.25) is 4.79 Å². The first-order chi connectivity index (χ1) is 10.8. The molecule has 0 saturated carbocycles. The second-order valence-corrected chi connectivity index (χ2v) is 6.68. The molecular weight excluding hydrogens is 401 g/mol. The van der Waals surface area contributed by atoms with Crippen LogP contribution >= 0.6 is 11.8 Å². The Hall–Kier alpha value is -1.58. The van der Waals surface area contributed by atoms with E-state index in [-0.39, 0.29) is 34.1 Å². The van der Waals surface area contributed by atoms with E-state index in [4.69, 9.17) is 10.1 Å². The van der Waals surface area contributed by atoms with Crippen LogP contribution < -0.4 is 0 Å². The number of ether oxygens (including phenoxy) is 1. The molecule has 6 heteroatoms. The molecule has 1 N–H and O–H groups in total. The number of carbonyl (C=O) groups is 1. The molecule has 0 aliphatic carbocycles. The Bertz CT molecular complexity index is 691. The van der Waals surface area contributed by atoms with Gasteiger partial charge in [-0.15, -0.1) is 23.9 Å². The zero-order valence-electron chi connectivity index (χ0n) is 13.8. The molecule has 0 aliphatic rings. The minimum atomic E-state index is -0.818. The number of thioether (sulfide) groups is 1. The fourth-order valence-electron chi connectivity index (χ4n) is 1.58. The molecule has 0 bridgehead atoms. The molecule has 0 fully saturated rings. The average molecular weight is 419 g/mol. The van der Waals surface area contributed by atoms with Gasteiger partial charge in [0.05, 0.1) is 6.61 Å². The molecule has 24 heavy (non-hydrogen) atoms. The number of benzene rings is 1. The van der Waals surface area contributed by atoms with Crippen LogP contribution in [0.3, 0.4) is 0 Å². The maximum atomic E-state index is 12.0. The van der Waals surface area contributed by atoms with Gasteiger partial charge in [-0.25, -0.2) is 29.0 Å². The van der Waals surface area contributed by atoms with Crippen LogP contribution in [0.15, 0.2) is 29.7 Å². The van der Waals surface area contributed by atoms with Gasteiger partial charge in [-0.05, 0) is 26.3 Å². The molecule has 0 aromatic heterocycles. The van der Waals surface area contributed by atoms with Gasteiger partial charge in [-0.1, -0.05) is 10.6 Å². The maximum Gasteiger partial charge on any atom is 2.00 e. The van der Waals surface area contributed by atoms with Crippen molar-refractivity contribution in [3.8, 4) is 6.07 Å². The Morgan fingerprint density at radius 2 is 2.29 bits per heavy atom. The summed E-state index contributed by atoms with van der Waals surface area (Å²) < 4.78 is 4.25. The van der Waals surface area contributed by atoms with Crippen molar-refractivity contribution >= 4 is 29.5 Å². The zero-order chi connectivity index (χ0) is 17.5. The van der Waals surface area contributed by atoms with Gasteiger partial charge < -0.3 is 10.1 Å². The normalized spacial score (nSPS) is 10.6. The van der Waals surface area contributed by atoms with Crippen molar-refractivity contribution in [3.05, 3.63) is 48.1 Å². The van der Waals surface area contributed by atoms with Crippen LogP contribution in [0.2, 0.25) is 0 Å². The third kappa shape index (κ3) is 6.50. The minimum Gasteiger partial charge on any atom is -0.465 e. The van der Waals surface area contributed by atoms with Gasteiger partial charge in [0.25, 0.3) is 0 Å². The van der Waals surface area contributed by atoms with Crippen LogP contribution in [0, 0.1) is 28.9 Å². The Labute approximate surface area is 163 Å². The van der Waals surface area contributed by atoms with Gasteiger partial charge in [0, 0.05) is 6.07 Å². The van der Waals surface area contributed by atoms with Crippen molar-refractivity contribution in [2.75, 3.05) is 6.61 Å². The van der Waals surface area contributed by atoms with E-state index in [0.717, 1.165) is 0 Å². The number of carbonyl (C=O) groups excluding carboxylic acids is 1. The van der Waals surface area contributed by atoms with Crippen molar-refractivity contribution in [1.29, 1.82) is 10.7 Å². The van der Waals surface area contributed by atoms with E-state index in [0.29, 0.717) is 22.6 Å². The molecule has 0 aliphatic heterocycles. The van der Waals surface area contributed by atoms with E-state index in [9.17, 15) is 10.1 Å². The molecule has 0 amide bonds. The Kier molecular flexibility index (Phi) is 9.64. The van der Waals surface area contributed by atoms with E-state index in [1.54, 1.807) is 39.0 Å². The first-order valence-electron chi connectivity index (χ1n) is 6.96. The number of allylic oxidation sites excluding steroid dienone is 2. The number of rotatable bonds is 7. The second kappa shape index (κ2) is 10.3. The quantitative estimate of drug-likeness (QED) is 0.240. The number of esters is 1. The van der Waals surface area contributed by atoms with E-state index in [1.807, 2.05) is 0 Å². The van der Waals surface area contributed by atoms with Crippen molar-refractivity contribution < 1.29 is 31.9 Å². The topological polar surface area (TPSA) is 73.9 Å². The van der Waals surface area contributed by atoms with E-state index >= 15 is 0 Å². The molecule has 1 aromatic rings. The first-order valence-corrected chi connectivity index (χ1v) is 7.78. The van der Waals surface area contributed by atoms with Crippen LogP contribution in [0.4, 0.5) is 0 Å². The van der Waals surface area contributed by atoms with Crippen molar-refractivity contribution in [3.63, 3.8) is 0 Å². The Balaban J connectivity index is 0.00000529. The third-order valence-corrected chi connectivity index (χ3v) is 4.01. The summed E-state index contributed by atoms with van der Waals surface area (Å²) in [5.41, 5.74) is 1.25. The van der Waals surface area contributed by atoms with Gasteiger partial charge >= 0.3 is 28.3 Å². The Morgan fingerprint density at radius 1 is 1.62 bits per heavy atom. The smallest absolute Gasteiger partial charge is 0.465 e. The number of hydrogen-bond acceptors (Lipinski definition) is 5. The summed E-state index contributed by atoms with van der Waals surface area (Å²) in [6, 6.07) is 8.35. The number of hydrogen-bond donors (Lipinski definition) is 1.